The van der Waals surface area contributed by atoms with Gasteiger partial charge in [0.2, 0.25) is 5.91 Å². The van der Waals surface area contributed by atoms with Crippen LogP contribution in [-0.4, -0.2) is 32.7 Å². The van der Waals surface area contributed by atoms with Crippen molar-refractivity contribution in [2.45, 2.75) is 5.03 Å². The number of aromatic nitrogens is 3. The molecule has 150 valence electrons. The number of fused-ring (bicyclic) bond motifs is 1. The number of hydrogen-bond acceptors (Lipinski definition) is 7. The molecular weight excluding hydrogens is 425 g/mol. The fourth-order valence-corrected chi connectivity index (χ4v) is 4.00. The van der Waals surface area contributed by atoms with Gasteiger partial charge in [0.25, 0.3) is 5.91 Å². The van der Waals surface area contributed by atoms with Crippen LogP contribution in [0.4, 0.5) is 15.3 Å². The third-order valence-electron chi connectivity index (χ3n) is 3.86. The molecule has 0 fully saturated rings. The summed E-state index contributed by atoms with van der Waals surface area (Å²) in [5.41, 5.74) is 1.02. The van der Waals surface area contributed by atoms with Crippen LogP contribution in [0.15, 0.2) is 65.7 Å². The van der Waals surface area contributed by atoms with E-state index in [4.69, 9.17) is 0 Å². The van der Waals surface area contributed by atoms with E-state index in [1.54, 1.807) is 12.1 Å². The number of hydrogen-bond donors (Lipinski definition) is 2. The Morgan fingerprint density at radius 3 is 2.63 bits per heavy atom. The van der Waals surface area contributed by atoms with Crippen molar-refractivity contribution in [3.05, 3.63) is 72.0 Å². The van der Waals surface area contributed by atoms with Crippen LogP contribution < -0.4 is 10.6 Å². The molecule has 0 unspecified atom stereocenters. The summed E-state index contributed by atoms with van der Waals surface area (Å²) in [4.78, 5) is 28.6. The third kappa shape index (κ3) is 4.97. The number of benzene rings is 2. The van der Waals surface area contributed by atoms with Crippen molar-refractivity contribution < 1.29 is 14.0 Å². The largest absolute Gasteiger partial charge is 0.305 e. The van der Waals surface area contributed by atoms with E-state index < -0.39 is 11.7 Å². The average molecular weight is 439 g/mol. The predicted octanol–water partition coefficient (Wildman–Crippen LogP) is 4.21. The number of anilines is 2. The number of amides is 2. The number of thioether (sulfide) groups is 1. The topological polar surface area (TPSA) is 96.9 Å². The fourth-order valence-electron chi connectivity index (χ4n) is 2.50. The van der Waals surface area contributed by atoms with Crippen molar-refractivity contribution in [2.75, 3.05) is 16.4 Å². The molecule has 7 nitrogen and oxygen atoms in total. The highest BCUT2D eigenvalue weighted by Crippen LogP contribution is 2.25. The molecule has 0 aliphatic carbocycles. The quantitative estimate of drug-likeness (QED) is 0.437. The van der Waals surface area contributed by atoms with Gasteiger partial charge in [-0.25, -0.2) is 9.37 Å². The summed E-state index contributed by atoms with van der Waals surface area (Å²) in [5, 5.41) is 14.3. The molecule has 30 heavy (non-hydrogen) atoms. The molecule has 4 aromatic rings. The first kappa shape index (κ1) is 19.9. The average Bonchev–Trinajstić information content (AvgIpc) is 3.15. The Kier molecular flexibility index (Phi) is 5.96. The highest BCUT2D eigenvalue weighted by molar-refractivity contribution is 7.99. The van der Waals surface area contributed by atoms with Crippen LogP contribution in [0.1, 0.15) is 10.4 Å². The zero-order chi connectivity index (χ0) is 20.9. The van der Waals surface area contributed by atoms with Crippen LogP contribution in [-0.2, 0) is 4.79 Å². The molecule has 0 spiro atoms. The second kappa shape index (κ2) is 8.97. The summed E-state index contributed by atoms with van der Waals surface area (Å²) >= 11 is 2.62. The van der Waals surface area contributed by atoms with Crippen molar-refractivity contribution in [1.82, 2.24) is 15.2 Å². The molecule has 2 heterocycles. The summed E-state index contributed by atoms with van der Waals surface area (Å²) in [5.74, 6) is -0.819. The predicted molar refractivity (Wildman–Crippen MR) is 115 cm³/mol. The van der Waals surface area contributed by atoms with Gasteiger partial charge in [0, 0.05) is 5.56 Å². The first-order chi connectivity index (χ1) is 14.6. The number of thiazole rings is 1. The number of nitrogens with zero attached hydrogens (tertiary/aromatic N) is 3. The van der Waals surface area contributed by atoms with Crippen LogP contribution in [0.5, 0.6) is 0 Å². The van der Waals surface area contributed by atoms with Crippen LogP contribution in [0, 0.1) is 5.82 Å². The number of nitrogens with one attached hydrogen (secondary N) is 2. The monoisotopic (exact) mass is 439 g/mol. The van der Waals surface area contributed by atoms with E-state index >= 15 is 0 Å². The number of halogens is 1. The second-order valence-electron chi connectivity index (χ2n) is 6.04. The highest BCUT2D eigenvalue weighted by atomic mass is 32.2. The van der Waals surface area contributed by atoms with E-state index in [0.29, 0.717) is 10.2 Å². The molecule has 2 aromatic carbocycles. The Morgan fingerprint density at radius 2 is 1.87 bits per heavy atom. The minimum Gasteiger partial charge on any atom is -0.305 e. The summed E-state index contributed by atoms with van der Waals surface area (Å²) < 4.78 is 14.2. The number of rotatable bonds is 6. The normalized spacial score (nSPS) is 10.7. The maximum atomic E-state index is 13.2. The molecular formula is C20H14FN5O2S2. The molecule has 0 atom stereocenters. The number of carbonyl (C=O) groups is 2. The standard InChI is InChI=1S/C20H14FN5O2S2/c21-13-5-3-4-12(10-13)19(28)23-16-8-9-18(26-25-16)29-11-17(27)24-20-22-14-6-1-2-7-15(14)30-20/h1-10H,11H2,(H,22,24,27)(H,23,25,28). The van der Waals surface area contributed by atoms with Gasteiger partial charge in [0.1, 0.15) is 10.8 Å². The molecule has 2 amide bonds. The number of carbonyl (C=O) groups excluding carboxylic acids is 2. The lowest BCUT2D eigenvalue weighted by Gasteiger charge is -2.05. The summed E-state index contributed by atoms with van der Waals surface area (Å²) in [6.07, 6.45) is 0. The minimum absolute atomic E-state index is 0.138. The SMILES string of the molecule is O=C(CSc1ccc(NC(=O)c2cccc(F)c2)nn1)Nc1nc2ccccc2s1. The minimum atomic E-state index is -0.496. The maximum absolute atomic E-state index is 13.2. The first-order valence-corrected chi connectivity index (χ1v) is 10.6. The molecule has 0 aliphatic rings. The van der Waals surface area contributed by atoms with Crippen molar-refractivity contribution in [2.24, 2.45) is 0 Å². The van der Waals surface area contributed by atoms with E-state index in [1.165, 1.54) is 41.3 Å². The molecule has 10 heteroatoms. The molecule has 0 aliphatic heterocycles. The van der Waals surface area contributed by atoms with Crippen LogP contribution in [0.2, 0.25) is 0 Å². The lowest BCUT2D eigenvalue weighted by Crippen LogP contribution is -2.14. The third-order valence-corrected chi connectivity index (χ3v) is 5.73. The van der Waals surface area contributed by atoms with E-state index in [-0.39, 0.29) is 23.0 Å². The zero-order valence-corrected chi connectivity index (χ0v) is 17.0. The molecule has 0 saturated heterocycles. The van der Waals surface area contributed by atoms with Crippen molar-refractivity contribution in [1.29, 1.82) is 0 Å². The van der Waals surface area contributed by atoms with Crippen LogP contribution in [0.25, 0.3) is 10.2 Å². The van der Waals surface area contributed by atoms with Crippen molar-refractivity contribution in [3.8, 4) is 0 Å². The Morgan fingerprint density at radius 1 is 1.00 bits per heavy atom. The van der Waals surface area contributed by atoms with E-state index in [2.05, 4.69) is 25.8 Å². The van der Waals surface area contributed by atoms with Gasteiger partial charge in [-0.05, 0) is 42.5 Å². The van der Waals surface area contributed by atoms with E-state index in [0.717, 1.165) is 16.3 Å². The fraction of sp³-hybridized carbons (Fsp3) is 0.0500. The summed E-state index contributed by atoms with van der Waals surface area (Å²) in [6, 6.07) is 16.2. The van der Waals surface area contributed by atoms with Crippen LogP contribution >= 0.6 is 23.1 Å². The Bertz CT molecular complexity index is 1180. The highest BCUT2D eigenvalue weighted by Gasteiger charge is 2.11. The Hall–Kier alpha value is -3.37. The Labute approximate surface area is 178 Å². The summed E-state index contributed by atoms with van der Waals surface area (Å²) in [7, 11) is 0. The van der Waals surface area contributed by atoms with Gasteiger partial charge in [0.05, 0.1) is 16.0 Å². The van der Waals surface area contributed by atoms with Crippen molar-refractivity contribution in [3.63, 3.8) is 0 Å². The smallest absolute Gasteiger partial charge is 0.256 e. The molecule has 2 aromatic heterocycles. The molecule has 0 bridgehead atoms. The van der Waals surface area contributed by atoms with Gasteiger partial charge in [-0.2, -0.15) is 0 Å². The number of para-hydroxylation sites is 1. The zero-order valence-electron chi connectivity index (χ0n) is 15.3. The first-order valence-electron chi connectivity index (χ1n) is 8.76. The van der Waals surface area contributed by atoms with Crippen molar-refractivity contribution >= 4 is 56.1 Å². The molecule has 4 rings (SSSR count). The molecule has 2 N–H and O–H groups in total. The Balaban J connectivity index is 1.30. The van der Waals surface area contributed by atoms with Gasteiger partial charge in [0.15, 0.2) is 10.9 Å². The van der Waals surface area contributed by atoms with Gasteiger partial charge < -0.3 is 10.6 Å². The molecule has 0 radical (unpaired) electrons. The van der Waals surface area contributed by atoms with E-state index in [1.807, 2.05) is 24.3 Å². The van der Waals surface area contributed by atoms with Gasteiger partial charge >= 0.3 is 0 Å². The lowest BCUT2D eigenvalue weighted by molar-refractivity contribution is -0.113. The summed E-state index contributed by atoms with van der Waals surface area (Å²) in [6.45, 7) is 0. The van der Waals surface area contributed by atoms with Crippen LogP contribution in [0.3, 0.4) is 0 Å². The van der Waals surface area contributed by atoms with Gasteiger partial charge in [-0.3, -0.25) is 9.59 Å². The van der Waals surface area contributed by atoms with Gasteiger partial charge in [-0.1, -0.05) is 41.3 Å². The maximum Gasteiger partial charge on any atom is 0.256 e. The van der Waals surface area contributed by atoms with E-state index in [9.17, 15) is 14.0 Å². The lowest BCUT2D eigenvalue weighted by atomic mass is 10.2. The second-order valence-corrected chi connectivity index (χ2v) is 8.07. The molecule has 0 saturated carbocycles. The van der Waals surface area contributed by atoms with Gasteiger partial charge in [-0.15, -0.1) is 10.2 Å².